The molecule has 1 atom stereocenters. The number of hydrogen-bond donors (Lipinski definition) is 0. The molecule has 0 saturated carbocycles. The Morgan fingerprint density at radius 3 is 2.68 bits per heavy atom. The van der Waals surface area contributed by atoms with Gasteiger partial charge in [-0.15, -0.1) is 0 Å². The largest absolute Gasteiger partial charge is 0.451 e. The molecule has 1 heterocycles. The second kappa shape index (κ2) is 7.18. The van der Waals surface area contributed by atoms with Crippen molar-refractivity contribution in [2.24, 2.45) is 0 Å². The Morgan fingerprint density at radius 1 is 1.23 bits per heavy atom. The van der Waals surface area contributed by atoms with Crippen LogP contribution in [-0.4, -0.2) is 17.9 Å². The summed E-state index contributed by atoms with van der Waals surface area (Å²) in [6.45, 7) is 5.40. The van der Waals surface area contributed by atoms with Gasteiger partial charge in [0.15, 0.2) is 6.10 Å². The van der Waals surface area contributed by atoms with E-state index in [2.05, 4.69) is 0 Å². The van der Waals surface area contributed by atoms with Crippen molar-refractivity contribution in [3.8, 4) is 0 Å². The predicted octanol–water partition coefficient (Wildman–Crippen LogP) is 4.19. The third kappa shape index (κ3) is 4.15. The number of thiophene rings is 1. The van der Waals surface area contributed by atoms with Gasteiger partial charge in [-0.25, -0.2) is 4.79 Å². The van der Waals surface area contributed by atoms with E-state index in [0.717, 1.165) is 16.7 Å². The van der Waals surface area contributed by atoms with Crippen LogP contribution in [0.15, 0.2) is 41.1 Å². The Kier molecular flexibility index (Phi) is 5.28. The van der Waals surface area contributed by atoms with Crippen LogP contribution in [0, 0.1) is 13.8 Å². The Balaban J connectivity index is 2.02. The maximum absolute atomic E-state index is 12.4. The molecule has 0 aliphatic carbocycles. The van der Waals surface area contributed by atoms with Gasteiger partial charge in [0.05, 0.1) is 0 Å². The highest BCUT2D eigenvalue weighted by Crippen LogP contribution is 2.15. The van der Waals surface area contributed by atoms with Crippen molar-refractivity contribution in [1.29, 1.82) is 0 Å². The standard InChI is InChI=1S/C18H18O3S/c1-12-4-5-13(2)16(10-12)18(20)14(3)21-17(19)7-6-15-8-9-22-11-15/h4-11,14H,1-3H3/b7-6+/t14-/m0/s1. The molecule has 2 aromatic rings. The molecular weight excluding hydrogens is 296 g/mol. The van der Waals surface area contributed by atoms with E-state index in [1.807, 2.05) is 48.9 Å². The molecule has 1 aromatic heterocycles. The van der Waals surface area contributed by atoms with E-state index in [1.165, 1.54) is 6.08 Å². The van der Waals surface area contributed by atoms with Crippen LogP contribution >= 0.6 is 11.3 Å². The minimum absolute atomic E-state index is 0.182. The van der Waals surface area contributed by atoms with E-state index in [-0.39, 0.29) is 5.78 Å². The number of aryl methyl sites for hydroxylation is 2. The smallest absolute Gasteiger partial charge is 0.331 e. The summed E-state index contributed by atoms with van der Waals surface area (Å²) in [5, 5.41) is 3.85. The summed E-state index contributed by atoms with van der Waals surface area (Å²) >= 11 is 1.55. The molecule has 0 aliphatic heterocycles. The lowest BCUT2D eigenvalue weighted by molar-refractivity contribution is -0.140. The van der Waals surface area contributed by atoms with Crippen LogP contribution in [0.1, 0.15) is 34.0 Å². The molecule has 0 spiro atoms. The van der Waals surface area contributed by atoms with Crippen molar-refractivity contribution in [3.05, 3.63) is 63.4 Å². The van der Waals surface area contributed by atoms with Gasteiger partial charge in [0.1, 0.15) is 0 Å². The molecule has 2 rings (SSSR count). The van der Waals surface area contributed by atoms with Crippen LogP contribution < -0.4 is 0 Å². The van der Waals surface area contributed by atoms with Gasteiger partial charge in [-0.1, -0.05) is 17.7 Å². The van der Waals surface area contributed by atoms with E-state index in [1.54, 1.807) is 24.3 Å². The molecule has 22 heavy (non-hydrogen) atoms. The molecule has 1 aromatic carbocycles. The number of ether oxygens (including phenoxy) is 1. The summed E-state index contributed by atoms with van der Waals surface area (Å²) in [5.41, 5.74) is 3.43. The molecule has 0 amide bonds. The van der Waals surface area contributed by atoms with Gasteiger partial charge in [-0.3, -0.25) is 4.79 Å². The van der Waals surface area contributed by atoms with Crippen molar-refractivity contribution >= 4 is 29.2 Å². The first-order chi connectivity index (χ1) is 10.5. The van der Waals surface area contributed by atoms with Crippen LogP contribution in [0.4, 0.5) is 0 Å². The minimum atomic E-state index is -0.805. The zero-order valence-corrected chi connectivity index (χ0v) is 13.6. The lowest BCUT2D eigenvalue weighted by Gasteiger charge is -2.13. The van der Waals surface area contributed by atoms with Crippen molar-refractivity contribution in [2.75, 3.05) is 0 Å². The van der Waals surface area contributed by atoms with Crippen molar-refractivity contribution in [2.45, 2.75) is 26.9 Å². The minimum Gasteiger partial charge on any atom is -0.451 e. The lowest BCUT2D eigenvalue weighted by atomic mass is 9.99. The highest BCUT2D eigenvalue weighted by atomic mass is 32.1. The first-order valence-electron chi connectivity index (χ1n) is 6.99. The Bertz CT molecular complexity index is 699. The van der Waals surface area contributed by atoms with Crippen LogP contribution in [0.3, 0.4) is 0 Å². The van der Waals surface area contributed by atoms with E-state index >= 15 is 0 Å². The lowest BCUT2D eigenvalue weighted by Crippen LogP contribution is -2.24. The number of rotatable bonds is 5. The summed E-state index contributed by atoms with van der Waals surface area (Å²) in [6, 6.07) is 7.57. The number of Topliss-reactive ketones (excluding diaryl/α,β-unsaturated/α-hetero) is 1. The maximum atomic E-state index is 12.4. The van der Waals surface area contributed by atoms with Crippen LogP contribution in [0.2, 0.25) is 0 Å². The monoisotopic (exact) mass is 314 g/mol. The predicted molar refractivity (Wildman–Crippen MR) is 89.2 cm³/mol. The highest BCUT2D eigenvalue weighted by molar-refractivity contribution is 7.08. The van der Waals surface area contributed by atoms with E-state index < -0.39 is 12.1 Å². The summed E-state index contributed by atoms with van der Waals surface area (Å²) < 4.78 is 5.19. The molecule has 4 heteroatoms. The van der Waals surface area contributed by atoms with Crippen molar-refractivity contribution in [3.63, 3.8) is 0 Å². The second-order valence-electron chi connectivity index (χ2n) is 5.15. The number of carbonyl (C=O) groups excluding carboxylic acids is 2. The normalized spacial score (nSPS) is 12.3. The van der Waals surface area contributed by atoms with Gasteiger partial charge in [-0.2, -0.15) is 11.3 Å². The van der Waals surface area contributed by atoms with Crippen LogP contribution in [0.5, 0.6) is 0 Å². The van der Waals surface area contributed by atoms with Crippen LogP contribution in [0.25, 0.3) is 6.08 Å². The van der Waals surface area contributed by atoms with E-state index in [9.17, 15) is 9.59 Å². The van der Waals surface area contributed by atoms with Crippen molar-refractivity contribution < 1.29 is 14.3 Å². The third-order valence-electron chi connectivity index (χ3n) is 3.28. The van der Waals surface area contributed by atoms with Crippen LogP contribution in [-0.2, 0) is 9.53 Å². The number of carbonyl (C=O) groups is 2. The fraction of sp³-hybridized carbons (Fsp3) is 0.222. The first-order valence-corrected chi connectivity index (χ1v) is 7.94. The number of hydrogen-bond acceptors (Lipinski definition) is 4. The van der Waals surface area contributed by atoms with Gasteiger partial charge < -0.3 is 4.74 Å². The molecule has 3 nitrogen and oxygen atoms in total. The van der Waals surface area contributed by atoms with Gasteiger partial charge in [-0.05, 0) is 60.9 Å². The van der Waals surface area contributed by atoms with E-state index in [0.29, 0.717) is 5.56 Å². The molecule has 114 valence electrons. The number of ketones is 1. The van der Waals surface area contributed by atoms with Gasteiger partial charge in [0.25, 0.3) is 0 Å². The topological polar surface area (TPSA) is 43.4 Å². The SMILES string of the molecule is Cc1ccc(C)c(C(=O)[C@H](C)OC(=O)/C=C/c2ccsc2)c1. The molecule has 0 radical (unpaired) electrons. The number of benzene rings is 1. The molecule has 0 bridgehead atoms. The Labute approximate surface area is 134 Å². The maximum Gasteiger partial charge on any atom is 0.331 e. The first kappa shape index (κ1) is 16.2. The van der Waals surface area contributed by atoms with Gasteiger partial charge in [0, 0.05) is 11.6 Å². The molecule has 0 aliphatic rings. The average Bonchev–Trinajstić information content (AvgIpc) is 3.00. The fourth-order valence-corrected chi connectivity index (χ4v) is 2.65. The molecule has 0 fully saturated rings. The molecular formula is C18H18O3S. The van der Waals surface area contributed by atoms with Gasteiger partial charge in [0.2, 0.25) is 5.78 Å². The summed E-state index contributed by atoms with van der Waals surface area (Å²) in [6.07, 6.45) is 2.21. The zero-order chi connectivity index (χ0) is 16.1. The van der Waals surface area contributed by atoms with Crippen molar-refractivity contribution in [1.82, 2.24) is 0 Å². The third-order valence-corrected chi connectivity index (χ3v) is 3.98. The molecule has 0 saturated heterocycles. The molecule has 0 unspecified atom stereocenters. The Hall–Kier alpha value is -2.20. The summed E-state index contributed by atoms with van der Waals surface area (Å²) in [7, 11) is 0. The Morgan fingerprint density at radius 2 is 2.00 bits per heavy atom. The fourth-order valence-electron chi connectivity index (χ4n) is 2.02. The quantitative estimate of drug-likeness (QED) is 0.472. The summed E-state index contributed by atoms with van der Waals surface area (Å²) in [4.78, 5) is 24.2. The van der Waals surface area contributed by atoms with E-state index in [4.69, 9.17) is 4.74 Å². The second-order valence-corrected chi connectivity index (χ2v) is 5.93. The highest BCUT2D eigenvalue weighted by Gasteiger charge is 2.20. The average molecular weight is 314 g/mol. The van der Waals surface area contributed by atoms with Gasteiger partial charge >= 0.3 is 5.97 Å². The molecule has 0 N–H and O–H groups in total. The summed E-state index contributed by atoms with van der Waals surface area (Å²) in [5.74, 6) is -0.698. The zero-order valence-electron chi connectivity index (χ0n) is 12.8. The number of esters is 1.